The van der Waals surface area contributed by atoms with Gasteiger partial charge in [-0.3, -0.25) is 10.2 Å². The molecule has 3 rings (SSSR count). The summed E-state index contributed by atoms with van der Waals surface area (Å²) in [6.45, 7) is 3.52. The van der Waals surface area contributed by atoms with Crippen molar-refractivity contribution in [2.75, 3.05) is 11.5 Å². The Hall–Kier alpha value is -3.23. The van der Waals surface area contributed by atoms with E-state index in [1.165, 1.54) is 11.0 Å². The number of amides is 2. The number of alkyl halides is 3. The van der Waals surface area contributed by atoms with E-state index >= 15 is 0 Å². The van der Waals surface area contributed by atoms with Gasteiger partial charge in [0.05, 0.1) is 17.9 Å². The van der Waals surface area contributed by atoms with Crippen LogP contribution in [0.15, 0.2) is 48.5 Å². The summed E-state index contributed by atoms with van der Waals surface area (Å²) in [5, 5.41) is 2.77. The molecule has 0 saturated carbocycles. The third-order valence-electron chi connectivity index (χ3n) is 5.47. The normalized spacial score (nSPS) is 18.0. The zero-order chi connectivity index (χ0) is 23.4. The number of hydrogen-bond donors (Lipinski definition) is 1. The average molecular weight is 450 g/mol. The second kappa shape index (κ2) is 9.50. The van der Waals surface area contributed by atoms with Gasteiger partial charge in [-0.1, -0.05) is 37.3 Å². The molecule has 2 aromatic carbocycles. The van der Waals surface area contributed by atoms with Gasteiger partial charge in [-0.05, 0) is 55.5 Å². The molecule has 0 radical (unpaired) electrons. The van der Waals surface area contributed by atoms with Crippen LogP contribution in [0.3, 0.4) is 0 Å². The summed E-state index contributed by atoms with van der Waals surface area (Å²) in [5.74, 6) is 0. The molecule has 1 heterocycles. The summed E-state index contributed by atoms with van der Waals surface area (Å²) in [6, 6.07) is 12.3. The van der Waals surface area contributed by atoms with E-state index in [-0.39, 0.29) is 31.7 Å². The van der Waals surface area contributed by atoms with Gasteiger partial charge < -0.3 is 9.47 Å². The SMILES string of the molecule is CCOC(=O)N1c2ccc(C(F)(F)F)cc2CCC1(CC)NC(=O)OCc1ccccc1. The van der Waals surface area contributed by atoms with Crippen molar-refractivity contribution in [2.45, 2.75) is 51.6 Å². The molecule has 172 valence electrons. The van der Waals surface area contributed by atoms with Crippen molar-refractivity contribution in [2.24, 2.45) is 0 Å². The first-order valence-electron chi connectivity index (χ1n) is 10.4. The highest BCUT2D eigenvalue weighted by Crippen LogP contribution is 2.41. The molecule has 1 atom stereocenters. The smallest absolute Gasteiger partial charge is 0.416 e. The maximum absolute atomic E-state index is 13.2. The Balaban J connectivity index is 1.89. The molecule has 0 bridgehead atoms. The van der Waals surface area contributed by atoms with Gasteiger partial charge >= 0.3 is 18.4 Å². The number of benzene rings is 2. The lowest BCUT2D eigenvalue weighted by molar-refractivity contribution is -0.137. The van der Waals surface area contributed by atoms with E-state index in [9.17, 15) is 22.8 Å². The van der Waals surface area contributed by atoms with Gasteiger partial charge in [-0.2, -0.15) is 13.2 Å². The first-order chi connectivity index (χ1) is 15.2. The van der Waals surface area contributed by atoms with Crippen LogP contribution in [0.1, 0.15) is 43.4 Å². The fourth-order valence-electron chi connectivity index (χ4n) is 3.82. The van der Waals surface area contributed by atoms with Crippen LogP contribution in [0.4, 0.5) is 28.4 Å². The van der Waals surface area contributed by atoms with Gasteiger partial charge in [0, 0.05) is 0 Å². The molecule has 2 amide bonds. The van der Waals surface area contributed by atoms with Gasteiger partial charge in [0.25, 0.3) is 0 Å². The zero-order valence-electron chi connectivity index (χ0n) is 17.9. The van der Waals surface area contributed by atoms with Crippen molar-refractivity contribution in [1.29, 1.82) is 0 Å². The fourth-order valence-corrected chi connectivity index (χ4v) is 3.82. The quantitative estimate of drug-likeness (QED) is 0.640. The lowest BCUT2D eigenvalue weighted by atomic mass is 9.88. The van der Waals surface area contributed by atoms with Gasteiger partial charge in [0.1, 0.15) is 12.3 Å². The first-order valence-corrected chi connectivity index (χ1v) is 10.4. The highest BCUT2D eigenvalue weighted by atomic mass is 19.4. The molecule has 0 aliphatic carbocycles. The Bertz CT molecular complexity index is 965. The maximum Gasteiger partial charge on any atom is 0.416 e. The fraction of sp³-hybridized carbons (Fsp3) is 0.391. The van der Waals surface area contributed by atoms with Gasteiger partial charge in [-0.25, -0.2) is 9.59 Å². The zero-order valence-corrected chi connectivity index (χ0v) is 17.9. The molecular weight excluding hydrogens is 425 g/mol. The summed E-state index contributed by atoms with van der Waals surface area (Å²) in [7, 11) is 0. The predicted molar refractivity (Wildman–Crippen MR) is 112 cm³/mol. The highest BCUT2D eigenvalue weighted by molar-refractivity contribution is 5.92. The van der Waals surface area contributed by atoms with Gasteiger partial charge in [-0.15, -0.1) is 0 Å². The van der Waals surface area contributed by atoms with Gasteiger partial charge in [0.2, 0.25) is 0 Å². The Morgan fingerprint density at radius 2 is 1.81 bits per heavy atom. The van der Waals surface area contributed by atoms with E-state index in [4.69, 9.17) is 9.47 Å². The molecule has 9 heteroatoms. The summed E-state index contributed by atoms with van der Waals surface area (Å²) < 4.78 is 50.0. The molecule has 6 nitrogen and oxygen atoms in total. The second-order valence-electron chi connectivity index (χ2n) is 7.45. The number of nitrogens with zero attached hydrogens (tertiary/aromatic N) is 1. The van der Waals surface area contributed by atoms with Crippen molar-refractivity contribution in [3.8, 4) is 0 Å². The number of aryl methyl sites for hydroxylation is 1. The van der Waals surface area contributed by atoms with E-state index in [2.05, 4.69) is 5.32 Å². The second-order valence-corrected chi connectivity index (χ2v) is 7.45. The summed E-state index contributed by atoms with van der Waals surface area (Å²) >= 11 is 0. The molecule has 0 aromatic heterocycles. The number of halogens is 3. The molecule has 1 aliphatic rings. The van der Waals surface area contributed by atoms with Crippen molar-refractivity contribution < 1.29 is 32.2 Å². The molecular formula is C23H25F3N2O4. The Labute approximate surface area is 184 Å². The van der Waals surface area contributed by atoms with Crippen LogP contribution in [-0.4, -0.2) is 24.5 Å². The molecule has 32 heavy (non-hydrogen) atoms. The average Bonchev–Trinajstić information content (AvgIpc) is 2.77. The van der Waals surface area contributed by atoms with Crippen molar-refractivity contribution in [3.05, 3.63) is 65.2 Å². The molecule has 1 unspecified atom stereocenters. The minimum Gasteiger partial charge on any atom is -0.449 e. The number of nitrogens with one attached hydrogen (secondary N) is 1. The maximum atomic E-state index is 13.2. The number of ether oxygens (including phenoxy) is 2. The van der Waals surface area contributed by atoms with E-state index in [0.29, 0.717) is 12.0 Å². The molecule has 0 saturated heterocycles. The lowest BCUT2D eigenvalue weighted by Crippen LogP contribution is -2.64. The topological polar surface area (TPSA) is 67.9 Å². The van der Waals surface area contributed by atoms with Crippen LogP contribution >= 0.6 is 0 Å². The number of fused-ring (bicyclic) bond motifs is 1. The van der Waals surface area contributed by atoms with Crippen LogP contribution in [-0.2, 0) is 28.7 Å². The van der Waals surface area contributed by atoms with E-state index < -0.39 is 29.6 Å². The molecule has 1 aliphatic heterocycles. The molecule has 1 N–H and O–H groups in total. The third kappa shape index (κ3) is 4.98. The van der Waals surface area contributed by atoms with Crippen molar-refractivity contribution in [1.82, 2.24) is 5.32 Å². The summed E-state index contributed by atoms with van der Waals surface area (Å²) in [6.07, 6.45) is -5.24. The summed E-state index contributed by atoms with van der Waals surface area (Å²) in [4.78, 5) is 26.7. The largest absolute Gasteiger partial charge is 0.449 e. The predicted octanol–water partition coefficient (Wildman–Crippen LogP) is 5.65. The first kappa shape index (κ1) is 23.4. The van der Waals surface area contributed by atoms with Crippen LogP contribution in [0.5, 0.6) is 0 Å². The number of anilines is 1. The third-order valence-corrected chi connectivity index (χ3v) is 5.47. The Morgan fingerprint density at radius 1 is 1.09 bits per heavy atom. The minimum atomic E-state index is -4.50. The highest BCUT2D eigenvalue weighted by Gasteiger charge is 2.46. The monoisotopic (exact) mass is 450 g/mol. The molecule has 0 fully saturated rings. The minimum absolute atomic E-state index is 0.0391. The van der Waals surface area contributed by atoms with Crippen LogP contribution < -0.4 is 10.2 Å². The number of carbonyl (C=O) groups excluding carboxylic acids is 2. The molecule has 2 aromatic rings. The number of alkyl carbamates (subject to hydrolysis) is 1. The van der Waals surface area contributed by atoms with E-state index in [1.54, 1.807) is 13.8 Å². The number of carbonyl (C=O) groups is 2. The van der Waals surface area contributed by atoms with Crippen LogP contribution in [0.2, 0.25) is 0 Å². The Kier molecular flexibility index (Phi) is 6.96. The summed E-state index contributed by atoms with van der Waals surface area (Å²) in [5.41, 5.74) is -0.569. The lowest BCUT2D eigenvalue weighted by Gasteiger charge is -2.46. The molecule has 0 spiro atoms. The standard InChI is InChI=1S/C23H25F3N2O4/c1-3-22(27-20(29)32-15-16-8-6-5-7-9-16)13-12-17-14-18(23(24,25)26)10-11-19(17)28(22)21(30)31-4-2/h5-11,14H,3-4,12-13,15H2,1-2H3,(H,27,29). The Morgan fingerprint density at radius 3 is 2.44 bits per heavy atom. The van der Waals surface area contributed by atoms with Crippen molar-refractivity contribution in [3.63, 3.8) is 0 Å². The van der Waals surface area contributed by atoms with E-state index in [0.717, 1.165) is 17.7 Å². The van der Waals surface area contributed by atoms with E-state index in [1.807, 2.05) is 30.3 Å². The van der Waals surface area contributed by atoms with Gasteiger partial charge in [0.15, 0.2) is 0 Å². The van der Waals surface area contributed by atoms with Crippen LogP contribution in [0, 0.1) is 0 Å². The van der Waals surface area contributed by atoms with Crippen LogP contribution in [0.25, 0.3) is 0 Å². The number of hydrogen-bond acceptors (Lipinski definition) is 4. The number of rotatable bonds is 5. The van der Waals surface area contributed by atoms with Crippen molar-refractivity contribution >= 4 is 17.9 Å².